The average molecular weight is 382 g/mol. The van der Waals surface area contributed by atoms with Crippen LogP contribution in [-0.2, 0) is 22.6 Å². The number of anilines is 1. The molecule has 1 unspecified atom stereocenters. The van der Waals surface area contributed by atoms with Crippen molar-refractivity contribution in [1.82, 2.24) is 5.32 Å². The van der Waals surface area contributed by atoms with Crippen LogP contribution in [0.2, 0.25) is 0 Å². The lowest BCUT2D eigenvalue weighted by molar-refractivity contribution is -0.126. The van der Waals surface area contributed by atoms with Crippen molar-refractivity contribution in [2.24, 2.45) is 5.92 Å². The number of methoxy groups -OCH3 is 2. The molecule has 1 heterocycles. The lowest BCUT2D eigenvalue weighted by Gasteiger charge is -2.17. The smallest absolute Gasteiger partial charge is 0.227 e. The van der Waals surface area contributed by atoms with Crippen LogP contribution in [0, 0.1) is 5.92 Å². The fourth-order valence-corrected chi connectivity index (χ4v) is 3.37. The number of hydrogen-bond acceptors (Lipinski definition) is 4. The van der Waals surface area contributed by atoms with Gasteiger partial charge in [0.2, 0.25) is 11.8 Å². The molecule has 2 aromatic carbocycles. The minimum atomic E-state index is -0.359. The summed E-state index contributed by atoms with van der Waals surface area (Å²) in [6, 6.07) is 13.4. The van der Waals surface area contributed by atoms with Gasteiger partial charge in [-0.15, -0.1) is 0 Å². The van der Waals surface area contributed by atoms with E-state index in [2.05, 4.69) is 12.2 Å². The van der Waals surface area contributed by atoms with Crippen molar-refractivity contribution in [2.45, 2.75) is 26.3 Å². The van der Waals surface area contributed by atoms with E-state index in [-0.39, 0.29) is 24.2 Å². The highest BCUT2D eigenvalue weighted by Crippen LogP contribution is 2.27. The van der Waals surface area contributed by atoms with Gasteiger partial charge in [-0.1, -0.05) is 19.1 Å². The number of benzene rings is 2. The molecule has 6 heteroatoms. The number of nitrogens with one attached hydrogen (secondary N) is 1. The van der Waals surface area contributed by atoms with E-state index < -0.39 is 0 Å². The molecule has 0 aliphatic carbocycles. The number of amides is 2. The summed E-state index contributed by atoms with van der Waals surface area (Å²) in [4.78, 5) is 26.7. The Bertz CT molecular complexity index is 848. The maximum atomic E-state index is 12.6. The maximum Gasteiger partial charge on any atom is 0.227 e. The SMILES string of the molecule is CCc1ccc(N2CC(C(=O)NCc3ccc(OC)cc3OC)CC2=O)cc1. The number of rotatable bonds is 7. The molecule has 1 atom stereocenters. The predicted octanol–water partition coefficient (Wildman–Crippen LogP) is 2.94. The number of hydrogen-bond donors (Lipinski definition) is 1. The van der Waals surface area contributed by atoms with Gasteiger partial charge in [-0.25, -0.2) is 0 Å². The lowest BCUT2D eigenvalue weighted by atomic mass is 10.1. The van der Waals surface area contributed by atoms with E-state index in [0.717, 1.165) is 17.7 Å². The molecule has 0 saturated carbocycles. The molecule has 0 bridgehead atoms. The third-order valence-electron chi connectivity index (χ3n) is 5.10. The third-order valence-corrected chi connectivity index (χ3v) is 5.10. The first kappa shape index (κ1) is 19.7. The Balaban J connectivity index is 1.61. The maximum absolute atomic E-state index is 12.6. The van der Waals surface area contributed by atoms with Gasteiger partial charge in [0.15, 0.2) is 0 Å². The van der Waals surface area contributed by atoms with Crippen LogP contribution in [0.25, 0.3) is 0 Å². The number of nitrogens with zero attached hydrogens (tertiary/aromatic N) is 1. The second-order valence-electron chi connectivity index (χ2n) is 6.82. The summed E-state index contributed by atoms with van der Waals surface area (Å²) in [5, 5.41) is 2.93. The molecular formula is C22H26N2O4. The monoisotopic (exact) mass is 382 g/mol. The summed E-state index contributed by atoms with van der Waals surface area (Å²) in [5.74, 6) is 0.839. The van der Waals surface area contributed by atoms with Gasteiger partial charge in [-0.3, -0.25) is 9.59 Å². The van der Waals surface area contributed by atoms with E-state index in [1.807, 2.05) is 36.4 Å². The molecule has 3 rings (SSSR count). The molecule has 1 aliphatic heterocycles. The van der Waals surface area contributed by atoms with Gasteiger partial charge in [0.25, 0.3) is 0 Å². The van der Waals surface area contributed by atoms with Crippen LogP contribution in [0.15, 0.2) is 42.5 Å². The third kappa shape index (κ3) is 4.27. The summed E-state index contributed by atoms with van der Waals surface area (Å²) in [5.41, 5.74) is 2.92. The van der Waals surface area contributed by atoms with Crippen LogP contribution in [0.1, 0.15) is 24.5 Å². The van der Waals surface area contributed by atoms with Crippen LogP contribution >= 0.6 is 0 Å². The van der Waals surface area contributed by atoms with Crippen LogP contribution in [0.3, 0.4) is 0 Å². The summed E-state index contributed by atoms with van der Waals surface area (Å²) in [6.07, 6.45) is 1.18. The summed E-state index contributed by atoms with van der Waals surface area (Å²) in [7, 11) is 3.17. The average Bonchev–Trinajstić information content (AvgIpc) is 3.13. The number of ether oxygens (including phenoxy) is 2. The number of carbonyl (C=O) groups is 2. The van der Waals surface area contributed by atoms with Gasteiger partial charge < -0.3 is 19.7 Å². The molecule has 1 saturated heterocycles. The van der Waals surface area contributed by atoms with Crippen LogP contribution in [0.4, 0.5) is 5.69 Å². The molecular weight excluding hydrogens is 356 g/mol. The van der Waals surface area contributed by atoms with Crippen molar-refractivity contribution in [2.75, 3.05) is 25.7 Å². The van der Waals surface area contributed by atoms with E-state index >= 15 is 0 Å². The fraction of sp³-hybridized carbons (Fsp3) is 0.364. The minimum Gasteiger partial charge on any atom is -0.497 e. The largest absolute Gasteiger partial charge is 0.497 e. The Labute approximate surface area is 165 Å². The second-order valence-corrected chi connectivity index (χ2v) is 6.82. The van der Waals surface area contributed by atoms with Gasteiger partial charge in [0.1, 0.15) is 11.5 Å². The van der Waals surface area contributed by atoms with E-state index in [0.29, 0.717) is 24.6 Å². The molecule has 1 aliphatic rings. The molecule has 0 aromatic heterocycles. The number of carbonyl (C=O) groups excluding carboxylic acids is 2. The fourth-order valence-electron chi connectivity index (χ4n) is 3.37. The first-order chi connectivity index (χ1) is 13.5. The molecule has 2 amide bonds. The Kier molecular flexibility index (Phi) is 6.19. The molecule has 148 valence electrons. The zero-order valence-corrected chi connectivity index (χ0v) is 16.5. The second kappa shape index (κ2) is 8.78. The van der Waals surface area contributed by atoms with Crippen molar-refractivity contribution in [3.8, 4) is 11.5 Å². The van der Waals surface area contributed by atoms with Gasteiger partial charge >= 0.3 is 0 Å². The van der Waals surface area contributed by atoms with E-state index in [9.17, 15) is 9.59 Å². The van der Waals surface area contributed by atoms with E-state index in [1.54, 1.807) is 25.2 Å². The zero-order chi connectivity index (χ0) is 20.1. The van der Waals surface area contributed by atoms with Gasteiger partial charge in [0, 0.05) is 36.8 Å². The summed E-state index contributed by atoms with van der Waals surface area (Å²) >= 11 is 0. The highest BCUT2D eigenvalue weighted by atomic mass is 16.5. The normalized spacial score (nSPS) is 16.2. The highest BCUT2D eigenvalue weighted by Gasteiger charge is 2.35. The van der Waals surface area contributed by atoms with Crippen molar-refractivity contribution in [3.05, 3.63) is 53.6 Å². The van der Waals surface area contributed by atoms with Crippen LogP contribution in [0.5, 0.6) is 11.5 Å². The van der Waals surface area contributed by atoms with Gasteiger partial charge in [0.05, 0.1) is 20.1 Å². The van der Waals surface area contributed by atoms with Gasteiger partial charge in [-0.2, -0.15) is 0 Å². The highest BCUT2D eigenvalue weighted by molar-refractivity contribution is 6.00. The van der Waals surface area contributed by atoms with Crippen LogP contribution in [-0.4, -0.2) is 32.6 Å². The first-order valence-corrected chi connectivity index (χ1v) is 9.43. The molecule has 0 spiro atoms. The Morgan fingerprint density at radius 3 is 2.54 bits per heavy atom. The van der Waals surface area contributed by atoms with Crippen molar-refractivity contribution < 1.29 is 19.1 Å². The lowest BCUT2D eigenvalue weighted by Crippen LogP contribution is -2.32. The Morgan fingerprint density at radius 2 is 1.89 bits per heavy atom. The molecule has 28 heavy (non-hydrogen) atoms. The quantitative estimate of drug-likeness (QED) is 0.800. The van der Waals surface area contributed by atoms with Crippen molar-refractivity contribution in [3.63, 3.8) is 0 Å². The van der Waals surface area contributed by atoms with Crippen LogP contribution < -0.4 is 19.7 Å². The molecule has 6 nitrogen and oxygen atoms in total. The van der Waals surface area contributed by atoms with Crippen molar-refractivity contribution >= 4 is 17.5 Å². The Hall–Kier alpha value is -3.02. The minimum absolute atomic E-state index is 0.0218. The zero-order valence-electron chi connectivity index (χ0n) is 16.5. The Morgan fingerprint density at radius 1 is 1.14 bits per heavy atom. The summed E-state index contributed by atoms with van der Waals surface area (Å²) in [6.45, 7) is 2.83. The standard InChI is InChI=1S/C22H26N2O4/c1-4-15-5-8-18(9-6-15)24-14-17(11-21(24)25)22(26)23-13-16-7-10-19(27-2)12-20(16)28-3/h5-10,12,17H,4,11,13-14H2,1-3H3,(H,23,26). The van der Waals surface area contributed by atoms with E-state index in [1.165, 1.54) is 5.56 Å². The topological polar surface area (TPSA) is 67.9 Å². The summed E-state index contributed by atoms with van der Waals surface area (Å²) < 4.78 is 10.6. The first-order valence-electron chi connectivity index (χ1n) is 9.43. The molecule has 1 fully saturated rings. The predicted molar refractivity (Wildman–Crippen MR) is 108 cm³/mol. The molecule has 2 aromatic rings. The molecule has 1 N–H and O–H groups in total. The van der Waals surface area contributed by atoms with Crippen molar-refractivity contribution in [1.29, 1.82) is 0 Å². The number of aryl methyl sites for hydroxylation is 1. The molecule has 0 radical (unpaired) electrons. The van der Waals surface area contributed by atoms with Gasteiger partial charge in [-0.05, 0) is 36.2 Å². The van der Waals surface area contributed by atoms with E-state index in [4.69, 9.17) is 9.47 Å².